The highest BCUT2D eigenvalue weighted by atomic mass is 16.5. The number of amides is 1. The highest BCUT2D eigenvalue weighted by Gasteiger charge is 2.48. The van der Waals surface area contributed by atoms with Crippen molar-refractivity contribution in [2.24, 2.45) is 0 Å². The van der Waals surface area contributed by atoms with Crippen LogP contribution in [0, 0.1) is 6.92 Å². The molecule has 1 saturated heterocycles. The van der Waals surface area contributed by atoms with E-state index in [0.717, 1.165) is 22.5 Å². The number of benzene rings is 3. The lowest BCUT2D eigenvalue weighted by atomic mass is 9.96. The Morgan fingerprint density at radius 3 is 2.31 bits per heavy atom. The smallest absolute Gasteiger partial charge is 0.334 e. The van der Waals surface area contributed by atoms with Gasteiger partial charge in [-0.15, -0.1) is 0 Å². The van der Waals surface area contributed by atoms with Gasteiger partial charge in [0.2, 0.25) is 5.91 Å². The third-order valence-corrected chi connectivity index (χ3v) is 5.52. The lowest BCUT2D eigenvalue weighted by Gasteiger charge is -2.50. The molecule has 0 unspecified atom stereocenters. The van der Waals surface area contributed by atoms with Crippen LogP contribution >= 0.6 is 0 Å². The number of carbonyl (C=O) groups excluding carboxylic acids is 2. The van der Waals surface area contributed by atoms with Crippen LogP contribution < -0.4 is 14.5 Å². The van der Waals surface area contributed by atoms with Gasteiger partial charge >= 0.3 is 5.97 Å². The van der Waals surface area contributed by atoms with E-state index in [4.69, 9.17) is 4.74 Å². The van der Waals surface area contributed by atoms with E-state index in [1.54, 1.807) is 11.0 Å². The van der Waals surface area contributed by atoms with E-state index in [-0.39, 0.29) is 18.3 Å². The van der Waals surface area contributed by atoms with Crippen LogP contribution in [0.2, 0.25) is 0 Å². The number of anilines is 2. The molecule has 2 atom stereocenters. The van der Waals surface area contributed by atoms with E-state index in [0.29, 0.717) is 5.75 Å². The van der Waals surface area contributed by atoms with Crippen molar-refractivity contribution in [2.75, 3.05) is 9.80 Å². The fourth-order valence-corrected chi connectivity index (χ4v) is 4.15. The fourth-order valence-electron chi connectivity index (χ4n) is 4.15. The standard InChI is InChI=1S/C24H20N2O3/c1-16-11-13-17(14-12-16)23-25(18-7-3-2-4-8-18)22(27)15-20-24(28)29-21-10-6-5-9-19(21)26(20)23/h2-14,20,23H,15H2,1H3/t20-,23-/m1/s1. The van der Waals surface area contributed by atoms with E-state index in [2.05, 4.69) is 0 Å². The molecule has 1 fully saturated rings. The van der Waals surface area contributed by atoms with Crippen molar-refractivity contribution in [1.82, 2.24) is 0 Å². The maximum Gasteiger partial charge on any atom is 0.334 e. The predicted molar refractivity (Wildman–Crippen MR) is 111 cm³/mol. The summed E-state index contributed by atoms with van der Waals surface area (Å²) in [5.74, 6) is 0.0365. The highest BCUT2D eigenvalue weighted by Crippen LogP contribution is 2.45. The third-order valence-electron chi connectivity index (χ3n) is 5.52. The number of hydrogen-bond donors (Lipinski definition) is 0. The summed E-state index contributed by atoms with van der Waals surface area (Å²) in [6, 6.07) is 24.6. The maximum absolute atomic E-state index is 13.2. The second-order valence-corrected chi connectivity index (χ2v) is 7.40. The van der Waals surface area contributed by atoms with Gasteiger partial charge in [0.15, 0.2) is 5.75 Å². The number of nitrogens with zero attached hydrogens (tertiary/aromatic N) is 2. The fraction of sp³-hybridized carbons (Fsp3) is 0.167. The van der Waals surface area contributed by atoms with Crippen molar-refractivity contribution < 1.29 is 14.3 Å². The first-order valence-corrected chi connectivity index (χ1v) is 9.66. The summed E-state index contributed by atoms with van der Waals surface area (Å²) in [6.45, 7) is 2.03. The first-order valence-electron chi connectivity index (χ1n) is 9.66. The predicted octanol–water partition coefficient (Wildman–Crippen LogP) is 4.22. The number of esters is 1. The quantitative estimate of drug-likeness (QED) is 0.490. The molecule has 0 bridgehead atoms. The van der Waals surface area contributed by atoms with Crippen LogP contribution in [0.1, 0.15) is 23.7 Å². The molecule has 0 spiro atoms. The van der Waals surface area contributed by atoms with Crippen LogP contribution in [0.4, 0.5) is 11.4 Å². The Bertz CT molecular complexity index is 1080. The number of para-hydroxylation sites is 3. The first-order chi connectivity index (χ1) is 14.1. The molecule has 5 rings (SSSR count). The number of hydrogen-bond acceptors (Lipinski definition) is 4. The lowest BCUT2D eigenvalue weighted by molar-refractivity contribution is -0.140. The average Bonchev–Trinajstić information content (AvgIpc) is 2.74. The summed E-state index contributed by atoms with van der Waals surface area (Å²) < 4.78 is 5.54. The number of carbonyl (C=O) groups is 2. The minimum atomic E-state index is -0.649. The number of rotatable bonds is 2. The number of ether oxygens (including phenoxy) is 1. The summed E-state index contributed by atoms with van der Waals surface area (Å²) in [6.07, 6.45) is -0.372. The SMILES string of the molecule is Cc1ccc([C@@H]2N(c3ccccc3)C(=O)C[C@@H]3C(=O)Oc4ccccc4N32)cc1. The zero-order valence-electron chi connectivity index (χ0n) is 16.0. The second-order valence-electron chi connectivity index (χ2n) is 7.40. The second kappa shape index (κ2) is 6.78. The van der Waals surface area contributed by atoms with Gasteiger partial charge in [-0.25, -0.2) is 4.79 Å². The van der Waals surface area contributed by atoms with Gasteiger partial charge < -0.3 is 9.64 Å². The Morgan fingerprint density at radius 1 is 0.862 bits per heavy atom. The van der Waals surface area contributed by atoms with Crippen LogP contribution in [0.5, 0.6) is 5.75 Å². The maximum atomic E-state index is 13.2. The molecule has 0 aliphatic carbocycles. The average molecular weight is 384 g/mol. The van der Waals surface area contributed by atoms with Gasteiger partial charge in [0, 0.05) is 5.69 Å². The Hall–Kier alpha value is -3.60. The molecule has 3 aromatic rings. The molecule has 2 aliphatic rings. The lowest BCUT2D eigenvalue weighted by Crippen LogP contribution is -2.60. The molecule has 144 valence electrons. The molecule has 29 heavy (non-hydrogen) atoms. The summed E-state index contributed by atoms with van der Waals surface area (Å²) in [5.41, 5.74) is 3.70. The van der Waals surface area contributed by atoms with Gasteiger partial charge in [0.1, 0.15) is 12.2 Å². The van der Waals surface area contributed by atoms with E-state index in [1.807, 2.05) is 84.6 Å². The van der Waals surface area contributed by atoms with E-state index in [1.165, 1.54) is 0 Å². The molecule has 2 aliphatic heterocycles. The van der Waals surface area contributed by atoms with Crippen LogP contribution in [-0.4, -0.2) is 17.9 Å². The Morgan fingerprint density at radius 2 is 1.55 bits per heavy atom. The number of aryl methyl sites for hydroxylation is 1. The molecule has 3 aromatic carbocycles. The summed E-state index contributed by atoms with van der Waals surface area (Å²) >= 11 is 0. The zero-order chi connectivity index (χ0) is 20.0. The molecule has 0 saturated carbocycles. The monoisotopic (exact) mass is 384 g/mol. The van der Waals surface area contributed by atoms with Crippen molar-refractivity contribution >= 4 is 23.3 Å². The molecule has 5 heteroatoms. The van der Waals surface area contributed by atoms with Gasteiger partial charge in [-0.05, 0) is 36.8 Å². The van der Waals surface area contributed by atoms with E-state index >= 15 is 0 Å². The number of fused-ring (bicyclic) bond motifs is 3. The minimum Gasteiger partial charge on any atom is -0.423 e. The highest BCUT2D eigenvalue weighted by molar-refractivity contribution is 6.02. The van der Waals surface area contributed by atoms with Crippen LogP contribution in [0.15, 0.2) is 78.9 Å². The molecular formula is C24H20N2O3. The summed E-state index contributed by atoms with van der Waals surface area (Å²) in [7, 11) is 0. The van der Waals surface area contributed by atoms with Crippen molar-refractivity contribution in [3.63, 3.8) is 0 Å². The van der Waals surface area contributed by atoms with Crippen LogP contribution in [-0.2, 0) is 9.59 Å². The molecular weight excluding hydrogens is 364 g/mol. The van der Waals surface area contributed by atoms with Gasteiger partial charge in [-0.2, -0.15) is 0 Å². The summed E-state index contributed by atoms with van der Waals surface area (Å²) in [5, 5.41) is 0. The van der Waals surface area contributed by atoms with Crippen LogP contribution in [0.25, 0.3) is 0 Å². The summed E-state index contributed by atoms with van der Waals surface area (Å²) in [4.78, 5) is 29.8. The molecule has 0 radical (unpaired) electrons. The van der Waals surface area contributed by atoms with Gasteiger partial charge in [-0.1, -0.05) is 60.2 Å². The molecule has 0 aromatic heterocycles. The van der Waals surface area contributed by atoms with Crippen molar-refractivity contribution in [2.45, 2.75) is 25.6 Å². The van der Waals surface area contributed by atoms with Crippen LogP contribution in [0.3, 0.4) is 0 Å². The van der Waals surface area contributed by atoms with Crippen molar-refractivity contribution in [1.29, 1.82) is 0 Å². The Kier molecular flexibility index (Phi) is 4.09. The topological polar surface area (TPSA) is 49.9 Å². The third kappa shape index (κ3) is 2.86. The molecule has 2 heterocycles. The van der Waals surface area contributed by atoms with Gasteiger partial charge in [0.05, 0.1) is 12.1 Å². The van der Waals surface area contributed by atoms with E-state index in [9.17, 15) is 9.59 Å². The molecule has 0 N–H and O–H groups in total. The van der Waals surface area contributed by atoms with Gasteiger partial charge in [0.25, 0.3) is 0 Å². The Balaban J connectivity index is 1.73. The van der Waals surface area contributed by atoms with Crippen molar-refractivity contribution in [3.8, 4) is 5.75 Å². The minimum absolute atomic E-state index is 0.0738. The normalized spacial score (nSPS) is 20.7. The largest absolute Gasteiger partial charge is 0.423 e. The first kappa shape index (κ1) is 17.5. The molecule has 5 nitrogen and oxygen atoms in total. The van der Waals surface area contributed by atoms with Crippen molar-refractivity contribution in [3.05, 3.63) is 90.0 Å². The van der Waals surface area contributed by atoms with E-state index < -0.39 is 12.2 Å². The zero-order valence-corrected chi connectivity index (χ0v) is 16.0. The van der Waals surface area contributed by atoms with Gasteiger partial charge in [-0.3, -0.25) is 9.69 Å². The Labute approximate surface area is 169 Å². The molecule has 1 amide bonds.